The summed E-state index contributed by atoms with van der Waals surface area (Å²) < 4.78 is 0. The van der Waals surface area contributed by atoms with Gasteiger partial charge in [-0.2, -0.15) is 11.8 Å². The molecule has 2 heterocycles. The average Bonchev–Trinajstić information content (AvgIpc) is 2.72. The first-order valence-electron chi connectivity index (χ1n) is 5.66. The summed E-state index contributed by atoms with van der Waals surface area (Å²) in [6, 6.07) is 0.480. The summed E-state index contributed by atoms with van der Waals surface area (Å²) in [5.74, 6) is 0.453. The lowest BCUT2D eigenvalue weighted by atomic mass is 9.97. The van der Waals surface area contributed by atoms with Crippen molar-refractivity contribution in [2.45, 2.75) is 49.9 Å². The summed E-state index contributed by atoms with van der Waals surface area (Å²) >= 11 is 1.97. The third kappa shape index (κ3) is 1.89. The Bertz CT molecular complexity index is 271. The van der Waals surface area contributed by atoms with Gasteiger partial charge in [-0.25, -0.2) is 0 Å². The summed E-state index contributed by atoms with van der Waals surface area (Å²) in [5, 5.41) is 10.0. The zero-order valence-electron chi connectivity index (χ0n) is 9.40. The Balaban J connectivity index is 2.11. The lowest BCUT2D eigenvalue weighted by Crippen LogP contribution is -2.52. The second kappa shape index (κ2) is 3.98. The first kappa shape index (κ1) is 11.3. The minimum absolute atomic E-state index is 0.480. The van der Waals surface area contributed by atoms with Crippen molar-refractivity contribution in [2.24, 2.45) is 0 Å². The summed E-state index contributed by atoms with van der Waals surface area (Å²) in [4.78, 5) is 13.6. The number of thioether (sulfide) groups is 1. The second-order valence-corrected chi connectivity index (χ2v) is 6.38. The van der Waals surface area contributed by atoms with E-state index >= 15 is 0 Å². The van der Waals surface area contributed by atoms with Crippen LogP contribution in [0.3, 0.4) is 0 Å². The van der Waals surface area contributed by atoms with Crippen molar-refractivity contribution in [3.8, 4) is 0 Å². The molecule has 0 spiro atoms. The highest BCUT2D eigenvalue weighted by Crippen LogP contribution is 2.38. The van der Waals surface area contributed by atoms with Gasteiger partial charge in [-0.15, -0.1) is 0 Å². The first-order valence-corrected chi connectivity index (χ1v) is 6.70. The minimum atomic E-state index is -0.649. The van der Waals surface area contributed by atoms with Crippen LogP contribution in [0.5, 0.6) is 0 Å². The van der Waals surface area contributed by atoms with E-state index in [-0.39, 0.29) is 0 Å². The summed E-state index contributed by atoms with van der Waals surface area (Å²) in [5.41, 5.74) is -0.602. The summed E-state index contributed by atoms with van der Waals surface area (Å²) in [6.45, 7) is 5.08. The van der Waals surface area contributed by atoms with Gasteiger partial charge in [0.05, 0.1) is 0 Å². The Hall–Kier alpha value is -0.220. The van der Waals surface area contributed by atoms with Gasteiger partial charge in [0, 0.05) is 17.0 Å². The van der Waals surface area contributed by atoms with Gasteiger partial charge in [0.1, 0.15) is 5.54 Å². The third-order valence-electron chi connectivity index (χ3n) is 3.78. The minimum Gasteiger partial charge on any atom is -0.480 e. The van der Waals surface area contributed by atoms with E-state index in [1.165, 1.54) is 0 Å². The number of carboxylic acids is 1. The molecule has 0 aromatic carbocycles. The number of carboxylic acid groups (broad SMARTS) is 1. The molecule has 2 rings (SSSR count). The molecule has 0 radical (unpaired) electrons. The van der Waals surface area contributed by atoms with Crippen molar-refractivity contribution in [3.63, 3.8) is 0 Å². The van der Waals surface area contributed by atoms with Crippen LogP contribution in [0.4, 0.5) is 0 Å². The lowest BCUT2D eigenvalue weighted by molar-refractivity contribution is -0.149. The SMILES string of the molecule is CC1CC(N2CCCC2(C)C(=O)O)CS1. The summed E-state index contributed by atoms with van der Waals surface area (Å²) in [7, 11) is 0. The van der Waals surface area contributed by atoms with Crippen molar-refractivity contribution >= 4 is 17.7 Å². The third-order valence-corrected chi connectivity index (χ3v) is 5.11. The van der Waals surface area contributed by atoms with E-state index in [4.69, 9.17) is 0 Å². The second-order valence-electron chi connectivity index (χ2n) is 4.91. The molecule has 0 aromatic rings. The highest BCUT2D eigenvalue weighted by molar-refractivity contribution is 8.00. The van der Waals surface area contributed by atoms with Crippen LogP contribution in [0.25, 0.3) is 0 Å². The van der Waals surface area contributed by atoms with E-state index < -0.39 is 11.5 Å². The van der Waals surface area contributed by atoms with Gasteiger partial charge in [-0.05, 0) is 32.7 Å². The molecule has 0 aromatic heterocycles. The molecule has 2 aliphatic heterocycles. The maximum Gasteiger partial charge on any atom is 0.323 e. The van der Waals surface area contributed by atoms with Crippen molar-refractivity contribution < 1.29 is 9.90 Å². The van der Waals surface area contributed by atoms with Crippen LogP contribution >= 0.6 is 11.8 Å². The molecule has 0 amide bonds. The molecule has 3 atom stereocenters. The van der Waals surface area contributed by atoms with Gasteiger partial charge in [-0.3, -0.25) is 9.69 Å². The maximum absolute atomic E-state index is 11.3. The normalized spacial score (nSPS) is 42.3. The van der Waals surface area contributed by atoms with Crippen LogP contribution in [0.15, 0.2) is 0 Å². The van der Waals surface area contributed by atoms with Crippen LogP contribution in [0.2, 0.25) is 0 Å². The van der Waals surface area contributed by atoms with Crippen molar-refractivity contribution in [2.75, 3.05) is 12.3 Å². The molecule has 86 valence electrons. The van der Waals surface area contributed by atoms with Gasteiger partial charge in [-0.1, -0.05) is 6.92 Å². The summed E-state index contributed by atoms with van der Waals surface area (Å²) in [6.07, 6.45) is 2.98. The zero-order chi connectivity index (χ0) is 11.1. The van der Waals surface area contributed by atoms with E-state index in [1.54, 1.807) is 0 Å². The number of likely N-dealkylation sites (tertiary alicyclic amines) is 1. The molecule has 2 fully saturated rings. The fourth-order valence-corrected chi connectivity index (χ4v) is 4.04. The Labute approximate surface area is 95.2 Å². The Morgan fingerprint density at radius 2 is 2.33 bits per heavy atom. The molecule has 2 saturated heterocycles. The molecular formula is C11H19NO2S. The highest BCUT2D eigenvalue weighted by atomic mass is 32.2. The zero-order valence-corrected chi connectivity index (χ0v) is 10.2. The fraction of sp³-hybridized carbons (Fsp3) is 0.909. The molecule has 0 saturated carbocycles. The Morgan fingerprint density at radius 1 is 1.60 bits per heavy atom. The van der Waals surface area contributed by atoms with E-state index in [9.17, 15) is 9.90 Å². The van der Waals surface area contributed by atoms with E-state index in [0.29, 0.717) is 11.3 Å². The van der Waals surface area contributed by atoms with Crippen LogP contribution < -0.4 is 0 Å². The van der Waals surface area contributed by atoms with Crippen LogP contribution in [0.1, 0.15) is 33.1 Å². The first-order chi connectivity index (χ1) is 7.04. The molecule has 1 N–H and O–H groups in total. The largest absolute Gasteiger partial charge is 0.480 e. The van der Waals surface area contributed by atoms with E-state index in [1.807, 2.05) is 18.7 Å². The van der Waals surface area contributed by atoms with E-state index in [2.05, 4.69) is 11.8 Å². The maximum atomic E-state index is 11.3. The van der Waals surface area contributed by atoms with E-state index in [0.717, 1.165) is 31.6 Å². The molecule has 2 aliphatic rings. The number of rotatable bonds is 2. The molecular weight excluding hydrogens is 210 g/mol. The number of hydrogen-bond acceptors (Lipinski definition) is 3. The fourth-order valence-electron chi connectivity index (χ4n) is 2.81. The molecule has 3 nitrogen and oxygen atoms in total. The quantitative estimate of drug-likeness (QED) is 0.784. The number of carbonyl (C=O) groups is 1. The van der Waals surface area contributed by atoms with Crippen molar-refractivity contribution in [1.29, 1.82) is 0 Å². The van der Waals surface area contributed by atoms with Gasteiger partial charge in [0.15, 0.2) is 0 Å². The van der Waals surface area contributed by atoms with Crippen LogP contribution in [-0.2, 0) is 4.79 Å². The number of nitrogens with zero attached hydrogens (tertiary/aromatic N) is 1. The Morgan fingerprint density at radius 3 is 2.87 bits per heavy atom. The van der Waals surface area contributed by atoms with Crippen LogP contribution in [-0.4, -0.2) is 45.1 Å². The Kier molecular flexibility index (Phi) is 2.99. The molecule has 15 heavy (non-hydrogen) atoms. The lowest BCUT2D eigenvalue weighted by Gasteiger charge is -2.35. The van der Waals surface area contributed by atoms with Crippen LogP contribution in [0, 0.1) is 0 Å². The van der Waals surface area contributed by atoms with Crippen molar-refractivity contribution in [3.05, 3.63) is 0 Å². The monoisotopic (exact) mass is 229 g/mol. The smallest absolute Gasteiger partial charge is 0.323 e. The highest BCUT2D eigenvalue weighted by Gasteiger charge is 2.47. The number of hydrogen-bond donors (Lipinski definition) is 1. The molecule has 0 aliphatic carbocycles. The predicted molar refractivity (Wildman–Crippen MR) is 62.3 cm³/mol. The predicted octanol–water partition coefficient (Wildman–Crippen LogP) is 1.82. The van der Waals surface area contributed by atoms with Crippen molar-refractivity contribution in [1.82, 2.24) is 4.90 Å². The standard InChI is InChI=1S/C11H19NO2S/c1-8-6-9(7-15-8)12-5-3-4-11(12,2)10(13)14/h8-9H,3-7H2,1-2H3,(H,13,14). The van der Waals surface area contributed by atoms with Gasteiger partial charge >= 0.3 is 5.97 Å². The topological polar surface area (TPSA) is 40.5 Å². The average molecular weight is 229 g/mol. The molecule has 3 unspecified atom stereocenters. The van der Waals surface area contributed by atoms with Gasteiger partial charge < -0.3 is 5.11 Å². The molecule has 0 bridgehead atoms. The number of aliphatic carboxylic acids is 1. The molecule has 4 heteroatoms. The van der Waals surface area contributed by atoms with Gasteiger partial charge in [0.25, 0.3) is 0 Å². The van der Waals surface area contributed by atoms with Gasteiger partial charge in [0.2, 0.25) is 0 Å².